The third-order valence-corrected chi connectivity index (χ3v) is 3.66. The van der Waals surface area contributed by atoms with Crippen LogP contribution in [0.1, 0.15) is 51.5 Å². The Kier molecular flexibility index (Phi) is 4.86. The molecule has 1 aromatic rings. The molecular formula is C17H24O. The molecule has 1 nitrogen and oxygen atoms in total. The van der Waals surface area contributed by atoms with E-state index in [1.165, 1.54) is 36.8 Å². The van der Waals surface area contributed by atoms with Crippen LogP contribution in [0.4, 0.5) is 0 Å². The molecule has 1 aliphatic carbocycles. The average Bonchev–Trinajstić information content (AvgIpc) is 2.41. The summed E-state index contributed by atoms with van der Waals surface area (Å²) in [4.78, 5) is 0. The maximum absolute atomic E-state index is 5.69. The van der Waals surface area contributed by atoms with Crippen molar-refractivity contribution in [2.24, 2.45) is 5.92 Å². The summed E-state index contributed by atoms with van der Waals surface area (Å²) in [6.07, 6.45) is 8.48. The molecule has 0 N–H and O–H groups in total. The van der Waals surface area contributed by atoms with E-state index in [4.69, 9.17) is 4.74 Å². The van der Waals surface area contributed by atoms with Gasteiger partial charge in [-0.05, 0) is 54.9 Å². The first-order valence-electron chi connectivity index (χ1n) is 7.22. The summed E-state index contributed by atoms with van der Waals surface area (Å²) >= 11 is 0. The quantitative estimate of drug-likeness (QED) is 0.657. The zero-order valence-electron chi connectivity index (χ0n) is 11.6. The lowest BCUT2D eigenvalue weighted by Crippen LogP contribution is -2.01. The number of benzene rings is 1. The van der Waals surface area contributed by atoms with E-state index < -0.39 is 0 Å². The first-order chi connectivity index (χ1) is 8.79. The first kappa shape index (κ1) is 13.2. The van der Waals surface area contributed by atoms with Crippen molar-refractivity contribution in [3.05, 3.63) is 35.9 Å². The number of ether oxygens (including phenoxy) is 1. The van der Waals surface area contributed by atoms with Gasteiger partial charge in [0.05, 0.1) is 6.61 Å². The lowest BCUT2D eigenvalue weighted by atomic mass is 9.88. The average molecular weight is 244 g/mol. The van der Waals surface area contributed by atoms with Gasteiger partial charge < -0.3 is 4.74 Å². The second-order valence-electron chi connectivity index (χ2n) is 5.34. The molecule has 0 aromatic heterocycles. The predicted molar refractivity (Wildman–Crippen MR) is 77.8 cm³/mol. The molecule has 0 spiro atoms. The van der Waals surface area contributed by atoms with Crippen LogP contribution in [-0.2, 0) is 0 Å². The Labute approximate surface area is 111 Å². The number of hydrogen-bond donors (Lipinski definition) is 0. The van der Waals surface area contributed by atoms with Crippen LogP contribution in [0, 0.1) is 5.92 Å². The van der Waals surface area contributed by atoms with Crippen LogP contribution in [-0.4, -0.2) is 6.61 Å². The minimum atomic E-state index is 0.829. The van der Waals surface area contributed by atoms with Crippen LogP contribution < -0.4 is 4.74 Å². The van der Waals surface area contributed by atoms with Gasteiger partial charge in [0.25, 0.3) is 0 Å². The van der Waals surface area contributed by atoms with Crippen LogP contribution >= 0.6 is 0 Å². The number of unbranched alkanes of at least 4 members (excludes halogenated alkanes) is 1. The third kappa shape index (κ3) is 3.63. The molecule has 98 valence electrons. The summed E-state index contributed by atoms with van der Waals surface area (Å²) in [5.41, 5.74) is 2.87. The summed E-state index contributed by atoms with van der Waals surface area (Å²) < 4.78 is 5.69. The molecule has 0 fully saturated rings. The Morgan fingerprint density at radius 3 is 2.61 bits per heavy atom. The number of rotatable bonds is 5. The maximum atomic E-state index is 5.69. The van der Waals surface area contributed by atoms with Crippen molar-refractivity contribution in [2.75, 3.05) is 6.61 Å². The monoisotopic (exact) mass is 244 g/mol. The highest BCUT2D eigenvalue weighted by Gasteiger charge is 2.11. The van der Waals surface area contributed by atoms with E-state index in [0.717, 1.165) is 24.7 Å². The Morgan fingerprint density at radius 1 is 1.22 bits per heavy atom. The van der Waals surface area contributed by atoms with Crippen LogP contribution in [0.25, 0.3) is 5.57 Å². The second-order valence-corrected chi connectivity index (χ2v) is 5.34. The molecule has 0 radical (unpaired) electrons. The van der Waals surface area contributed by atoms with E-state index in [0.29, 0.717) is 0 Å². The molecule has 2 rings (SSSR count). The van der Waals surface area contributed by atoms with E-state index in [-0.39, 0.29) is 0 Å². The van der Waals surface area contributed by atoms with Crippen molar-refractivity contribution in [3.63, 3.8) is 0 Å². The molecule has 0 amide bonds. The fourth-order valence-corrected chi connectivity index (χ4v) is 2.33. The second kappa shape index (κ2) is 6.63. The van der Waals surface area contributed by atoms with Crippen molar-refractivity contribution in [1.82, 2.24) is 0 Å². The maximum Gasteiger partial charge on any atom is 0.119 e. The van der Waals surface area contributed by atoms with Gasteiger partial charge in [0.2, 0.25) is 0 Å². The molecule has 1 aromatic carbocycles. The molecule has 1 aliphatic rings. The highest BCUT2D eigenvalue weighted by Crippen LogP contribution is 2.30. The Morgan fingerprint density at radius 2 is 2.00 bits per heavy atom. The molecule has 0 heterocycles. The van der Waals surface area contributed by atoms with Gasteiger partial charge in [0.15, 0.2) is 0 Å². The van der Waals surface area contributed by atoms with E-state index in [2.05, 4.69) is 44.2 Å². The molecule has 1 atom stereocenters. The van der Waals surface area contributed by atoms with E-state index >= 15 is 0 Å². The number of hydrogen-bond acceptors (Lipinski definition) is 1. The molecule has 18 heavy (non-hydrogen) atoms. The fourth-order valence-electron chi connectivity index (χ4n) is 2.33. The fraction of sp³-hybridized carbons (Fsp3) is 0.529. The van der Waals surface area contributed by atoms with Crippen molar-refractivity contribution < 1.29 is 4.74 Å². The van der Waals surface area contributed by atoms with Gasteiger partial charge in [-0.25, -0.2) is 0 Å². The highest BCUT2D eigenvalue weighted by molar-refractivity contribution is 5.66. The smallest absolute Gasteiger partial charge is 0.119 e. The summed E-state index contributed by atoms with van der Waals surface area (Å²) in [7, 11) is 0. The molecule has 1 unspecified atom stereocenters. The zero-order chi connectivity index (χ0) is 12.8. The lowest BCUT2D eigenvalue weighted by molar-refractivity contribution is 0.309. The standard InChI is InChI=1S/C17H24O/c1-3-4-13-18-17-11-9-16(10-12-17)15-7-5-14(2)6-8-15/h7,9-12,14H,3-6,8,13H2,1-2H3. The van der Waals surface area contributed by atoms with Gasteiger partial charge in [0, 0.05) is 0 Å². The summed E-state index contributed by atoms with van der Waals surface area (Å²) in [5.74, 6) is 1.85. The normalized spacial score (nSPS) is 19.4. The van der Waals surface area contributed by atoms with Crippen LogP contribution in [0.2, 0.25) is 0 Å². The molecule has 1 heteroatoms. The molecular weight excluding hydrogens is 220 g/mol. The van der Waals surface area contributed by atoms with Gasteiger partial charge in [-0.2, -0.15) is 0 Å². The Hall–Kier alpha value is -1.24. The van der Waals surface area contributed by atoms with E-state index in [1.807, 2.05) is 0 Å². The minimum Gasteiger partial charge on any atom is -0.494 e. The van der Waals surface area contributed by atoms with Crippen LogP contribution in [0.5, 0.6) is 5.75 Å². The highest BCUT2D eigenvalue weighted by atomic mass is 16.5. The van der Waals surface area contributed by atoms with Crippen LogP contribution in [0.3, 0.4) is 0 Å². The van der Waals surface area contributed by atoms with Crippen molar-refractivity contribution in [2.45, 2.75) is 46.0 Å². The molecule has 0 saturated heterocycles. The zero-order valence-corrected chi connectivity index (χ0v) is 11.6. The largest absolute Gasteiger partial charge is 0.494 e. The Balaban J connectivity index is 1.95. The van der Waals surface area contributed by atoms with Crippen molar-refractivity contribution >= 4 is 5.57 Å². The SMILES string of the molecule is CCCCOc1ccc(C2=CCC(C)CC2)cc1. The molecule has 0 aliphatic heterocycles. The topological polar surface area (TPSA) is 9.23 Å². The van der Waals surface area contributed by atoms with Gasteiger partial charge in [0.1, 0.15) is 5.75 Å². The van der Waals surface area contributed by atoms with Gasteiger partial charge >= 0.3 is 0 Å². The molecule has 0 bridgehead atoms. The predicted octanol–water partition coefficient (Wildman–Crippen LogP) is 5.07. The Bertz CT molecular complexity index is 389. The molecule has 0 saturated carbocycles. The summed E-state index contributed by atoms with van der Waals surface area (Å²) in [6.45, 7) is 5.34. The lowest BCUT2D eigenvalue weighted by Gasteiger charge is -2.18. The number of allylic oxidation sites excluding steroid dienone is 2. The van der Waals surface area contributed by atoms with Crippen LogP contribution in [0.15, 0.2) is 30.3 Å². The third-order valence-electron chi connectivity index (χ3n) is 3.66. The van der Waals surface area contributed by atoms with Gasteiger partial charge in [-0.1, -0.05) is 38.5 Å². The van der Waals surface area contributed by atoms with Gasteiger partial charge in [-0.15, -0.1) is 0 Å². The van der Waals surface area contributed by atoms with Crippen molar-refractivity contribution in [3.8, 4) is 5.75 Å². The summed E-state index contributed by atoms with van der Waals surface area (Å²) in [6, 6.07) is 8.60. The summed E-state index contributed by atoms with van der Waals surface area (Å²) in [5, 5.41) is 0. The van der Waals surface area contributed by atoms with E-state index in [1.54, 1.807) is 0 Å². The van der Waals surface area contributed by atoms with Crippen molar-refractivity contribution in [1.29, 1.82) is 0 Å². The van der Waals surface area contributed by atoms with Gasteiger partial charge in [-0.3, -0.25) is 0 Å². The minimum absolute atomic E-state index is 0.829. The first-order valence-corrected chi connectivity index (χ1v) is 7.22. The van der Waals surface area contributed by atoms with E-state index in [9.17, 15) is 0 Å².